The number of hydrogen-bond donors (Lipinski definition) is 1. The highest BCUT2D eigenvalue weighted by Gasteiger charge is 2.50. The summed E-state index contributed by atoms with van der Waals surface area (Å²) in [5.74, 6) is 1.80. The second-order valence-electron chi connectivity index (χ2n) is 4.18. The molecule has 3 atom stereocenters. The Morgan fingerprint density at radius 1 is 1.31 bits per heavy atom. The molecule has 0 saturated heterocycles. The minimum absolute atomic E-state index is 0.0765. The zero-order valence-electron chi connectivity index (χ0n) is 8.19. The zero-order valence-corrected chi connectivity index (χ0v) is 8.19. The van der Waals surface area contributed by atoms with E-state index in [9.17, 15) is 5.11 Å². The van der Waals surface area contributed by atoms with Crippen molar-refractivity contribution < 1.29 is 5.11 Å². The van der Waals surface area contributed by atoms with E-state index in [1.165, 1.54) is 0 Å². The number of hydrogen-bond acceptors (Lipinski definition) is 1. The summed E-state index contributed by atoms with van der Waals surface area (Å²) in [4.78, 5) is 0. The van der Waals surface area contributed by atoms with Crippen molar-refractivity contribution in [2.24, 2.45) is 17.8 Å². The molecule has 1 heteroatoms. The fourth-order valence-electron chi connectivity index (χ4n) is 2.45. The molecule has 0 aromatic rings. The second-order valence-corrected chi connectivity index (χ2v) is 4.18. The number of aliphatic hydroxyl groups is 1. The maximum Gasteiger partial charge on any atom is 0.0580 e. The van der Waals surface area contributed by atoms with Gasteiger partial charge in [-0.1, -0.05) is 37.6 Å². The van der Waals surface area contributed by atoms with Crippen LogP contribution in [-0.2, 0) is 0 Å². The van der Waals surface area contributed by atoms with Gasteiger partial charge in [0.15, 0.2) is 0 Å². The molecule has 0 heterocycles. The van der Waals surface area contributed by atoms with E-state index < -0.39 is 0 Å². The lowest BCUT2D eigenvalue weighted by atomic mass is 10.1. The molecule has 3 unspecified atom stereocenters. The first-order valence-electron chi connectivity index (χ1n) is 5.36. The van der Waals surface area contributed by atoms with Crippen LogP contribution in [0.1, 0.15) is 26.2 Å². The number of rotatable bonds is 3. The van der Waals surface area contributed by atoms with Gasteiger partial charge in [0.25, 0.3) is 0 Å². The van der Waals surface area contributed by atoms with E-state index in [1.54, 1.807) is 0 Å². The fraction of sp³-hybridized carbons (Fsp3) is 0.667. The van der Waals surface area contributed by atoms with Crippen molar-refractivity contribution in [3.63, 3.8) is 0 Å². The number of allylic oxidation sites excluding steroid dienone is 4. The van der Waals surface area contributed by atoms with Crippen LogP contribution >= 0.6 is 0 Å². The van der Waals surface area contributed by atoms with E-state index in [0.29, 0.717) is 17.8 Å². The van der Waals surface area contributed by atoms with Crippen molar-refractivity contribution >= 4 is 0 Å². The van der Waals surface area contributed by atoms with Crippen molar-refractivity contribution in [3.8, 4) is 0 Å². The average molecular weight is 178 g/mol. The molecule has 0 spiro atoms. The fourth-order valence-corrected chi connectivity index (χ4v) is 2.45. The Labute approximate surface area is 80.2 Å². The Morgan fingerprint density at radius 3 is 2.46 bits per heavy atom. The van der Waals surface area contributed by atoms with Crippen LogP contribution in [0.4, 0.5) is 0 Å². The molecular formula is C12H18O. The summed E-state index contributed by atoms with van der Waals surface area (Å²) >= 11 is 0. The van der Waals surface area contributed by atoms with Crippen LogP contribution in [0.25, 0.3) is 0 Å². The molecule has 0 aliphatic heterocycles. The Morgan fingerprint density at radius 2 is 1.92 bits per heavy atom. The predicted octanol–water partition coefficient (Wildman–Crippen LogP) is 2.53. The molecule has 2 aliphatic carbocycles. The summed E-state index contributed by atoms with van der Waals surface area (Å²) in [5.41, 5.74) is 0. The van der Waals surface area contributed by atoms with E-state index >= 15 is 0 Å². The summed E-state index contributed by atoms with van der Waals surface area (Å²) < 4.78 is 0. The van der Waals surface area contributed by atoms with Gasteiger partial charge >= 0.3 is 0 Å². The monoisotopic (exact) mass is 178 g/mol. The Kier molecular flexibility index (Phi) is 2.54. The van der Waals surface area contributed by atoms with Gasteiger partial charge in [0.1, 0.15) is 0 Å². The van der Waals surface area contributed by atoms with Crippen molar-refractivity contribution in [2.75, 3.05) is 0 Å². The first-order chi connectivity index (χ1) is 6.34. The third kappa shape index (κ3) is 1.71. The molecule has 2 rings (SSSR count). The van der Waals surface area contributed by atoms with Gasteiger partial charge in [-0.2, -0.15) is 0 Å². The van der Waals surface area contributed by atoms with Gasteiger partial charge in [-0.25, -0.2) is 0 Å². The maximum atomic E-state index is 9.84. The lowest BCUT2D eigenvalue weighted by molar-refractivity contribution is 0.133. The van der Waals surface area contributed by atoms with Gasteiger partial charge in [-0.05, 0) is 30.6 Å². The molecule has 1 nitrogen and oxygen atoms in total. The van der Waals surface area contributed by atoms with Gasteiger partial charge in [0.05, 0.1) is 6.10 Å². The van der Waals surface area contributed by atoms with Crippen molar-refractivity contribution in [2.45, 2.75) is 32.3 Å². The summed E-state index contributed by atoms with van der Waals surface area (Å²) in [6, 6.07) is 0. The lowest BCUT2D eigenvalue weighted by Crippen LogP contribution is -2.10. The normalized spacial score (nSPS) is 38.2. The summed E-state index contributed by atoms with van der Waals surface area (Å²) in [5, 5.41) is 9.84. The molecule has 0 bridgehead atoms. The molecule has 0 aromatic carbocycles. The second kappa shape index (κ2) is 3.67. The number of fused-ring (bicyclic) bond motifs is 1. The topological polar surface area (TPSA) is 20.2 Å². The minimum atomic E-state index is -0.0765. The SMILES string of the molecule is CCCC(O)C1C2C=CCC=CC21. The molecule has 0 radical (unpaired) electrons. The molecule has 1 N–H and O–H groups in total. The van der Waals surface area contributed by atoms with E-state index in [0.717, 1.165) is 19.3 Å². The summed E-state index contributed by atoms with van der Waals surface area (Å²) in [7, 11) is 0. The van der Waals surface area contributed by atoms with Gasteiger partial charge in [-0.3, -0.25) is 0 Å². The number of aliphatic hydroxyl groups excluding tert-OH is 1. The smallest absolute Gasteiger partial charge is 0.0580 e. The van der Waals surface area contributed by atoms with Crippen LogP contribution in [0.2, 0.25) is 0 Å². The molecule has 13 heavy (non-hydrogen) atoms. The summed E-state index contributed by atoms with van der Waals surface area (Å²) in [6.07, 6.45) is 12.1. The van der Waals surface area contributed by atoms with Gasteiger partial charge in [0, 0.05) is 0 Å². The lowest BCUT2D eigenvalue weighted by Gasteiger charge is -2.07. The van der Waals surface area contributed by atoms with E-state index in [4.69, 9.17) is 0 Å². The highest BCUT2D eigenvalue weighted by molar-refractivity contribution is 5.21. The van der Waals surface area contributed by atoms with Gasteiger partial charge in [0.2, 0.25) is 0 Å². The first-order valence-corrected chi connectivity index (χ1v) is 5.36. The Bertz CT molecular complexity index is 211. The molecule has 1 saturated carbocycles. The van der Waals surface area contributed by atoms with E-state index in [2.05, 4.69) is 31.2 Å². The minimum Gasteiger partial charge on any atom is -0.393 e. The summed E-state index contributed by atoms with van der Waals surface area (Å²) in [6.45, 7) is 2.13. The molecule has 72 valence electrons. The third-order valence-electron chi connectivity index (χ3n) is 3.21. The van der Waals surface area contributed by atoms with Crippen LogP contribution < -0.4 is 0 Å². The van der Waals surface area contributed by atoms with Gasteiger partial charge < -0.3 is 5.11 Å². The molecule has 1 fully saturated rings. The van der Waals surface area contributed by atoms with Crippen LogP contribution in [0.3, 0.4) is 0 Å². The molecule has 2 aliphatic rings. The molecule has 0 amide bonds. The van der Waals surface area contributed by atoms with Crippen molar-refractivity contribution in [1.82, 2.24) is 0 Å². The van der Waals surface area contributed by atoms with Crippen LogP contribution in [0.15, 0.2) is 24.3 Å². The molecular weight excluding hydrogens is 160 g/mol. The van der Waals surface area contributed by atoms with Crippen LogP contribution in [-0.4, -0.2) is 11.2 Å². The van der Waals surface area contributed by atoms with Crippen molar-refractivity contribution in [1.29, 1.82) is 0 Å². The first kappa shape index (κ1) is 9.01. The van der Waals surface area contributed by atoms with Crippen molar-refractivity contribution in [3.05, 3.63) is 24.3 Å². The third-order valence-corrected chi connectivity index (χ3v) is 3.21. The Hall–Kier alpha value is -0.560. The van der Waals surface area contributed by atoms with E-state index in [1.807, 2.05) is 0 Å². The molecule has 0 aromatic heterocycles. The average Bonchev–Trinajstić information content (AvgIpc) is 2.77. The highest BCUT2D eigenvalue weighted by atomic mass is 16.3. The zero-order chi connectivity index (χ0) is 9.26. The van der Waals surface area contributed by atoms with E-state index in [-0.39, 0.29) is 6.10 Å². The Balaban J connectivity index is 1.95. The maximum absolute atomic E-state index is 9.84. The van der Waals surface area contributed by atoms with Crippen LogP contribution in [0.5, 0.6) is 0 Å². The van der Waals surface area contributed by atoms with Gasteiger partial charge in [-0.15, -0.1) is 0 Å². The standard InChI is InChI=1S/C12H18O/c1-2-6-11(13)12-9-7-4-3-5-8-10(9)12/h4-5,7-13H,2-3,6H2,1H3. The predicted molar refractivity (Wildman–Crippen MR) is 54.3 cm³/mol. The quantitative estimate of drug-likeness (QED) is 0.658. The highest BCUT2D eigenvalue weighted by Crippen LogP contribution is 2.52. The largest absolute Gasteiger partial charge is 0.393 e. The van der Waals surface area contributed by atoms with Crippen LogP contribution in [0, 0.1) is 17.8 Å².